The molecule has 5 aromatic carbocycles. The summed E-state index contributed by atoms with van der Waals surface area (Å²) in [5.41, 5.74) is 11.0. The Morgan fingerprint density at radius 2 is 0.946 bits per heavy atom. The first-order valence-corrected chi connectivity index (χ1v) is 12.7. The van der Waals surface area contributed by atoms with Crippen LogP contribution < -0.4 is 5.32 Å². The van der Waals surface area contributed by atoms with Crippen LogP contribution in [0.5, 0.6) is 0 Å². The van der Waals surface area contributed by atoms with E-state index < -0.39 is 0 Å². The van der Waals surface area contributed by atoms with E-state index in [-0.39, 0.29) is 6.04 Å². The summed E-state index contributed by atoms with van der Waals surface area (Å²) in [4.78, 5) is 0. The molecule has 180 valence electrons. The van der Waals surface area contributed by atoms with Crippen LogP contribution in [0.4, 0.5) is 0 Å². The molecule has 1 N–H and O–H groups in total. The highest BCUT2D eigenvalue weighted by atomic mass is 14.9. The van der Waals surface area contributed by atoms with Crippen LogP contribution in [0.15, 0.2) is 152 Å². The second-order valence-electron chi connectivity index (χ2n) is 9.10. The van der Waals surface area contributed by atoms with E-state index in [0.29, 0.717) is 0 Å². The Kier molecular flexibility index (Phi) is 7.43. The normalized spacial score (nSPS) is 11.8. The molecule has 37 heavy (non-hydrogen) atoms. The third-order valence-electron chi connectivity index (χ3n) is 6.65. The monoisotopic (exact) mass is 477 g/mol. The topological polar surface area (TPSA) is 12.0 Å². The molecule has 0 aliphatic heterocycles. The van der Waals surface area contributed by atoms with Gasteiger partial charge < -0.3 is 5.32 Å². The lowest BCUT2D eigenvalue weighted by atomic mass is 9.95. The van der Waals surface area contributed by atoms with Crippen molar-refractivity contribution >= 4 is 0 Å². The smallest absolute Gasteiger partial charge is 0.0692 e. The lowest BCUT2D eigenvalue weighted by Crippen LogP contribution is -2.12. The van der Waals surface area contributed by atoms with Crippen molar-refractivity contribution in [1.82, 2.24) is 5.32 Å². The van der Waals surface area contributed by atoms with Gasteiger partial charge in [-0.15, -0.1) is 0 Å². The number of hydrogen-bond acceptors (Lipinski definition) is 1. The molecule has 1 heteroatoms. The second-order valence-corrected chi connectivity index (χ2v) is 9.10. The standard InChI is InChI=1S/C36H31N/c1-3-11-36(37-4-2)35-19-10-16-32(26-35)29-22-20-28(21-23-29)31-15-9-18-34(25-31)33-17-8-14-30(24-33)27-12-6-5-7-13-27/h3-26,36-37H,2H2,1H3/b11-3-. The molecule has 0 heterocycles. The molecule has 0 aromatic heterocycles. The number of benzene rings is 5. The van der Waals surface area contributed by atoms with Crippen molar-refractivity contribution in [2.75, 3.05) is 0 Å². The average Bonchev–Trinajstić information content (AvgIpc) is 2.98. The van der Waals surface area contributed by atoms with Crippen LogP contribution in [0.3, 0.4) is 0 Å². The second kappa shape index (κ2) is 11.4. The van der Waals surface area contributed by atoms with Crippen molar-refractivity contribution in [3.05, 3.63) is 158 Å². The Morgan fingerprint density at radius 3 is 1.46 bits per heavy atom. The van der Waals surface area contributed by atoms with Gasteiger partial charge >= 0.3 is 0 Å². The van der Waals surface area contributed by atoms with E-state index in [4.69, 9.17) is 0 Å². The van der Waals surface area contributed by atoms with Gasteiger partial charge in [-0.1, -0.05) is 128 Å². The molecule has 0 bridgehead atoms. The largest absolute Gasteiger partial charge is 0.381 e. The third kappa shape index (κ3) is 5.63. The van der Waals surface area contributed by atoms with E-state index >= 15 is 0 Å². The van der Waals surface area contributed by atoms with Crippen LogP contribution in [0.2, 0.25) is 0 Å². The third-order valence-corrected chi connectivity index (χ3v) is 6.65. The molecule has 1 atom stereocenters. The summed E-state index contributed by atoms with van der Waals surface area (Å²) in [6, 6.07) is 45.7. The molecular formula is C36H31N. The van der Waals surface area contributed by atoms with Crippen LogP contribution in [0.25, 0.3) is 44.5 Å². The van der Waals surface area contributed by atoms with Crippen LogP contribution in [-0.4, -0.2) is 0 Å². The van der Waals surface area contributed by atoms with Crippen molar-refractivity contribution < 1.29 is 0 Å². The molecule has 1 nitrogen and oxygen atoms in total. The maximum atomic E-state index is 3.83. The molecule has 5 aromatic rings. The lowest BCUT2D eigenvalue weighted by molar-refractivity contribution is 0.756. The first kappa shape index (κ1) is 24.1. The molecule has 0 amide bonds. The summed E-state index contributed by atoms with van der Waals surface area (Å²) in [5, 5.41) is 3.32. The van der Waals surface area contributed by atoms with Crippen molar-refractivity contribution in [3.8, 4) is 44.5 Å². The minimum absolute atomic E-state index is 0.116. The van der Waals surface area contributed by atoms with Crippen molar-refractivity contribution in [2.45, 2.75) is 13.0 Å². The molecular weight excluding hydrogens is 446 g/mol. The van der Waals surface area contributed by atoms with Gasteiger partial charge in [-0.2, -0.15) is 0 Å². The van der Waals surface area contributed by atoms with Crippen LogP contribution in [-0.2, 0) is 0 Å². The zero-order valence-corrected chi connectivity index (χ0v) is 21.1. The van der Waals surface area contributed by atoms with Crippen molar-refractivity contribution in [2.24, 2.45) is 0 Å². The predicted molar refractivity (Wildman–Crippen MR) is 159 cm³/mol. The molecule has 0 saturated heterocycles. The Bertz CT molecular complexity index is 1510. The van der Waals surface area contributed by atoms with E-state index in [2.05, 4.69) is 151 Å². The van der Waals surface area contributed by atoms with E-state index in [9.17, 15) is 0 Å². The van der Waals surface area contributed by atoms with Crippen molar-refractivity contribution in [1.29, 1.82) is 0 Å². The maximum Gasteiger partial charge on any atom is 0.0692 e. The highest BCUT2D eigenvalue weighted by Crippen LogP contribution is 2.31. The quantitative estimate of drug-likeness (QED) is 0.219. The van der Waals surface area contributed by atoms with E-state index in [1.165, 1.54) is 50.1 Å². The summed E-state index contributed by atoms with van der Waals surface area (Å²) < 4.78 is 0. The van der Waals surface area contributed by atoms with E-state index in [1.54, 1.807) is 6.20 Å². The van der Waals surface area contributed by atoms with Crippen LogP contribution in [0, 0.1) is 0 Å². The average molecular weight is 478 g/mol. The summed E-state index contributed by atoms with van der Waals surface area (Å²) in [7, 11) is 0. The van der Waals surface area contributed by atoms with Gasteiger partial charge in [-0.3, -0.25) is 0 Å². The van der Waals surface area contributed by atoms with E-state index in [1.807, 2.05) is 6.92 Å². The molecule has 0 radical (unpaired) electrons. The molecule has 0 spiro atoms. The summed E-state index contributed by atoms with van der Waals surface area (Å²) in [5.74, 6) is 0. The maximum absolute atomic E-state index is 3.83. The SMILES string of the molecule is C=CNC(/C=C\C)c1cccc(-c2ccc(-c3cccc(-c4cccc(-c5ccccc5)c4)c3)cc2)c1. The van der Waals surface area contributed by atoms with Gasteiger partial charge in [0, 0.05) is 0 Å². The number of hydrogen-bond donors (Lipinski definition) is 1. The Labute approximate surface area is 220 Å². The van der Waals surface area contributed by atoms with Gasteiger partial charge in [-0.25, -0.2) is 0 Å². The number of rotatable bonds is 8. The fraction of sp³-hybridized carbons (Fsp3) is 0.0556. The first-order chi connectivity index (χ1) is 18.2. The molecule has 0 aliphatic rings. The molecule has 0 fully saturated rings. The van der Waals surface area contributed by atoms with Crippen molar-refractivity contribution in [3.63, 3.8) is 0 Å². The summed E-state index contributed by atoms with van der Waals surface area (Å²) in [6.07, 6.45) is 5.96. The molecule has 1 unspecified atom stereocenters. The Balaban J connectivity index is 1.41. The fourth-order valence-corrected chi connectivity index (χ4v) is 4.74. The van der Waals surface area contributed by atoms with Gasteiger partial charge in [0.25, 0.3) is 0 Å². The van der Waals surface area contributed by atoms with Gasteiger partial charge in [0.2, 0.25) is 0 Å². The molecule has 5 rings (SSSR count). The van der Waals surface area contributed by atoms with Gasteiger partial charge in [0.1, 0.15) is 0 Å². The summed E-state index contributed by atoms with van der Waals surface area (Å²) in [6.45, 7) is 5.86. The lowest BCUT2D eigenvalue weighted by Gasteiger charge is -2.15. The zero-order chi connectivity index (χ0) is 25.5. The Hall–Kier alpha value is -4.62. The highest BCUT2D eigenvalue weighted by Gasteiger charge is 2.08. The minimum Gasteiger partial charge on any atom is -0.381 e. The van der Waals surface area contributed by atoms with Crippen LogP contribution in [0.1, 0.15) is 18.5 Å². The zero-order valence-electron chi connectivity index (χ0n) is 21.1. The minimum atomic E-state index is 0.116. The van der Waals surface area contributed by atoms with E-state index in [0.717, 1.165) is 0 Å². The van der Waals surface area contributed by atoms with Gasteiger partial charge in [-0.05, 0) is 81.4 Å². The van der Waals surface area contributed by atoms with Gasteiger partial charge in [0.05, 0.1) is 6.04 Å². The number of nitrogens with one attached hydrogen (secondary N) is 1. The fourth-order valence-electron chi connectivity index (χ4n) is 4.74. The molecule has 0 saturated carbocycles. The predicted octanol–water partition coefficient (Wildman–Crippen LogP) is 9.70. The van der Waals surface area contributed by atoms with Crippen LogP contribution >= 0.6 is 0 Å². The molecule has 0 aliphatic carbocycles. The highest BCUT2D eigenvalue weighted by molar-refractivity contribution is 5.78. The summed E-state index contributed by atoms with van der Waals surface area (Å²) >= 11 is 0. The Morgan fingerprint density at radius 1 is 0.514 bits per heavy atom. The van der Waals surface area contributed by atoms with Gasteiger partial charge in [0.15, 0.2) is 0 Å². The number of allylic oxidation sites excluding steroid dienone is 1. The first-order valence-electron chi connectivity index (χ1n) is 12.7.